The van der Waals surface area contributed by atoms with E-state index in [-0.39, 0.29) is 22.6 Å². The van der Waals surface area contributed by atoms with Gasteiger partial charge < -0.3 is 9.47 Å². The first-order valence-electron chi connectivity index (χ1n) is 7.17. The highest BCUT2D eigenvalue weighted by Gasteiger charge is 2.43. The Morgan fingerprint density at radius 1 is 1.36 bits per heavy atom. The molecule has 1 heterocycles. The predicted molar refractivity (Wildman–Crippen MR) is 78.6 cm³/mol. The van der Waals surface area contributed by atoms with Gasteiger partial charge in [0.25, 0.3) is 0 Å². The molecule has 2 aliphatic rings. The monoisotopic (exact) mass is 349 g/mol. The fourth-order valence-electron chi connectivity index (χ4n) is 2.82. The highest BCUT2D eigenvalue weighted by Crippen LogP contribution is 2.39. The summed E-state index contributed by atoms with van der Waals surface area (Å²) in [4.78, 5) is -0.0756. The van der Waals surface area contributed by atoms with Crippen LogP contribution in [0, 0.1) is 5.82 Å². The second-order valence-electron chi connectivity index (χ2n) is 5.60. The van der Waals surface area contributed by atoms with Gasteiger partial charge in [-0.05, 0) is 31.0 Å². The number of ether oxygens (including phenoxy) is 2. The minimum Gasteiger partial charge on any atom is -0.347 e. The fourth-order valence-corrected chi connectivity index (χ4v) is 4.16. The molecule has 22 heavy (non-hydrogen) atoms. The topological polar surface area (TPSA) is 64.6 Å². The van der Waals surface area contributed by atoms with Crippen LogP contribution in [0.4, 0.5) is 4.39 Å². The Balaban J connectivity index is 1.62. The van der Waals surface area contributed by atoms with Gasteiger partial charge in [0.2, 0.25) is 10.0 Å². The van der Waals surface area contributed by atoms with Gasteiger partial charge in [0.1, 0.15) is 5.82 Å². The van der Waals surface area contributed by atoms with E-state index in [0.717, 1.165) is 37.8 Å². The lowest BCUT2D eigenvalue weighted by Crippen LogP contribution is -2.35. The Morgan fingerprint density at radius 2 is 2.09 bits per heavy atom. The van der Waals surface area contributed by atoms with E-state index >= 15 is 0 Å². The first-order chi connectivity index (χ1) is 10.4. The second kappa shape index (κ2) is 6.05. The van der Waals surface area contributed by atoms with Gasteiger partial charge in [0.05, 0.1) is 22.6 Å². The Morgan fingerprint density at radius 3 is 2.77 bits per heavy atom. The van der Waals surface area contributed by atoms with Gasteiger partial charge >= 0.3 is 0 Å². The van der Waals surface area contributed by atoms with Gasteiger partial charge in [-0.2, -0.15) is 0 Å². The van der Waals surface area contributed by atoms with Crippen LogP contribution in [0.2, 0.25) is 5.02 Å². The predicted octanol–water partition coefficient (Wildman–Crippen LogP) is 2.44. The van der Waals surface area contributed by atoms with E-state index in [4.69, 9.17) is 21.1 Å². The minimum atomic E-state index is -3.76. The molecular weight excluding hydrogens is 333 g/mol. The summed E-state index contributed by atoms with van der Waals surface area (Å²) in [7, 11) is -3.76. The molecule has 2 fully saturated rings. The number of hydrogen-bond donors (Lipinski definition) is 1. The van der Waals surface area contributed by atoms with E-state index in [0.29, 0.717) is 6.61 Å². The molecule has 122 valence electrons. The molecule has 3 rings (SSSR count). The Bertz CT molecular complexity index is 661. The van der Waals surface area contributed by atoms with Gasteiger partial charge in [0.15, 0.2) is 5.79 Å². The van der Waals surface area contributed by atoms with Crippen LogP contribution in [0.3, 0.4) is 0 Å². The zero-order chi connectivity index (χ0) is 15.8. The molecule has 1 aliphatic carbocycles. The van der Waals surface area contributed by atoms with Crippen molar-refractivity contribution in [3.8, 4) is 0 Å². The summed E-state index contributed by atoms with van der Waals surface area (Å²) in [5.41, 5.74) is 0. The van der Waals surface area contributed by atoms with Crippen LogP contribution in [0.25, 0.3) is 0 Å². The van der Waals surface area contributed by atoms with Crippen molar-refractivity contribution in [2.24, 2.45) is 0 Å². The molecule has 1 saturated carbocycles. The third-order valence-corrected chi connectivity index (χ3v) is 5.69. The van der Waals surface area contributed by atoms with E-state index in [9.17, 15) is 12.8 Å². The third kappa shape index (κ3) is 3.28. The van der Waals surface area contributed by atoms with Crippen molar-refractivity contribution in [2.45, 2.75) is 42.5 Å². The van der Waals surface area contributed by atoms with Crippen LogP contribution in [0.1, 0.15) is 25.7 Å². The molecule has 1 aromatic carbocycles. The average Bonchev–Trinajstić information content (AvgIpc) is 3.10. The summed E-state index contributed by atoms with van der Waals surface area (Å²) in [5, 5.41) is -0.228. The number of rotatable bonds is 4. The van der Waals surface area contributed by atoms with Gasteiger partial charge in [-0.1, -0.05) is 11.6 Å². The molecule has 0 aromatic heterocycles. The van der Waals surface area contributed by atoms with Crippen molar-refractivity contribution >= 4 is 21.6 Å². The van der Waals surface area contributed by atoms with Crippen LogP contribution >= 0.6 is 11.6 Å². The molecule has 1 spiro atoms. The van der Waals surface area contributed by atoms with Crippen molar-refractivity contribution in [1.29, 1.82) is 0 Å². The van der Waals surface area contributed by atoms with Crippen molar-refractivity contribution in [3.63, 3.8) is 0 Å². The molecule has 1 atom stereocenters. The summed E-state index contributed by atoms with van der Waals surface area (Å²) in [6.45, 7) is 0.478. The molecule has 1 aromatic rings. The number of nitrogens with one attached hydrogen (secondary N) is 1. The molecule has 1 saturated heterocycles. The van der Waals surface area contributed by atoms with Crippen molar-refractivity contribution in [3.05, 3.63) is 29.0 Å². The van der Waals surface area contributed by atoms with E-state index in [1.165, 1.54) is 6.07 Å². The van der Waals surface area contributed by atoms with E-state index < -0.39 is 21.6 Å². The SMILES string of the molecule is O=S(=O)(NCC1COC2(CCCC2)O1)c1ccc(F)c(Cl)c1. The van der Waals surface area contributed by atoms with E-state index in [1.54, 1.807) is 0 Å². The number of halogens is 2. The maximum absolute atomic E-state index is 13.1. The van der Waals surface area contributed by atoms with Crippen LogP contribution in [-0.2, 0) is 19.5 Å². The third-order valence-electron chi connectivity index (χ3n) is 3.98. The Hall–Kier alpha value is -0.730. The first-order valence-corrected chi connectivity index (χ1v) is 9.03. The van der Waals surface area contributed by atoms with Crippen LogP contribution < -0.4 is 4.72 Å². The summed E-state index contributed by atoms with van der Waals surface area (Å²) >= 11 is 5.62. The van der Waals surface area contributed by atoms with Gasteiger partial charge in [-0.15, -0.1) is 0 Å². The first kappa shape index (κ1) is 16.1. The summed E-state index contributed by atoms with van der Waals surface area (Å²) < 4.78 is 51.5. The van der Waals surface area contributed by atoms with Gasteiger partial charge in [0, 0.05) is 19.4 Å². The van der Waals surface area contributed by atoms with Crippen LogP contribution in [0.5, 0.6) is 0 Å². The molecule has 5 nitrogen and oxygen atoms in total. The number of sulfonamides is 1. The molecule has 0 amide bonds. The van der Waals surface area contributed by atoms with Crippen LogP contribution in [-0.4, -0.2) is 33.5 Å². The maximum Gasteiger partial charge on any atom is 0.240 e. The maximum atomic E-state index is 13.1. The average molecular weight is 350 g/mol. The fraction of sp³-hybridized carbons (Fsp3) is 0.571. The van der Waals surface area contributed by atoms with Crippen molar-refractivity contribution in [2.75, 3.05) is 13.2 Å². The molecule has 1 N–H and O–H groups in total. The zero-order valence-corrected chi connectivity index (χ0v) is 13.4. The smallest absolute Gasteiger partial charge is 0.240 e. The number of benzene rings is 1. The Kier molecular flexibility index (Phi) is 4.44. The van der Waals surface area contributed by atoms with Crippen molar-refractivity contribution < 1.29 is 22.3 Å². The van der Waals surface area contributed by atoms with Gasteiger partial charge in [-0.3, -0.25) is 0 Å². The molecule has 8 heteroatoms. The molecule has 1 unspecified atom stereocenters. The standard InChI is InChI=1S/C14H17ClFNO4S/c15-12-7-11(3-4-13(12)16)22(18,19)17-8-10-9-20-14(21-10)5-1-2-6-14/h3-4,7,10,17H,1-2,5-6,8-9H2. The van der Waals surface area contributed by atoms with E-state index in [2.05, 4.69) is 4.72 Å². The summed E-state index contributed by atoms with van der Waals surface area (Å²) in [5.74, 6) is -1.17. The molecule has 0 radical (unpaired) electrons. The normalized spacial score (nSPS) is 24.2. The molecule has 1 aliphatic heterocycles. The number of hydrogen-bond acceptors (Lipinski definition) is 4. The quantitative estimate of drug-likeness (QED) is 0.906. The highest BCUT2D eigenvalue weighted by molar-refractivity contribution is 7.89. The van der Waals surface area contributed by atoms with Crippen LogP contribution in [0.15, 0.2) is 23.1 Å². The largest absolute Gasteiger partial charge is 0.347 e. The molecule has 0 bridgehead atoms. The lowest BCUT2D eigenvalue weighted by atomic mass is 10.2. The zero-order valence-electron chi connectivity index (χ0n) is 11.8. The summed E-state index contributed by atoms with van der Waals surface area (Å²) in [6, 6.07) is 3.29. The lowest BCUT2D eigenvalue weighted by Gasteiger charge is -2.21. The lowest BCUT2D eigenvalue weighted by molar-refractivity contribution is -0.160. The van der Waals surface area contributed by atoms with E-state index in [1.807, 2.05) is 0 Å². The highest BCUT2D eigenvalue weighted by atomic mass is 35.5. The molecular formula is C14H17ClFNO4S. The second-order valence-corrected chi connectivity index (χ2v) is 7.77. The van der Waals surface area contributed by atoms with Crippen molar-refractivity contribution in [1.82, 2.24) is 4.72 Å². The van der Waals surface area contributed by atoms with Gasteiger partial charge in [-0.25, -0.2) is 17.5 Å². The Labute approximate surface area is 133 Å². The summed E-state index contributed by atoms with van der Waals surface area (Å²) in [6.07, 6.45) is 3.51. The minimum absolute atomic E-state index is 0.0756.